The number of amides is 1. The Balaban J connectivity index is 1.50. The molecule has 0 radical (unpaired) electrons. The number of fused-ring (bicyclic) bond motifs is 3. The molecular weight excluding hydrogens is 545 g/mol. The molecule has 9 heteroatoms. The molecule has 0 bridgehead atoms. The number of benzene rings is 2. The van der Waals surface area contributed by atoms with Gasteiger partial charge in [-0.3, -0.25) is 9.78 Å². The second-order valence-corrected chi connectivity index (χ2v) is 11.8. The number of pyridine rings is 1. The van der Waals surface area contributed by atoms with E-state index in [2.05, 4.69) is 10.3 Å². The number of aromatic nitrogens is 1. The van der Waals surface area contributed by atoms with Gasteiger partial charge in [-0.1, -0.05) is 50.2 Å². The first kappa shape index (κ1) is 29.6. The maximum absolute atomic E-state index is 14.7. The standard InChI is InChI=1S/C33H35F3N2O4/c1-21(2)20-41-30(40)42-31(33(34,35)36)15-16-32(25-8-5-4-6-9-25)26(19-31)13-11-23-18-24(12-14-27(23)32)29(39)38-28-10-7-17-37-22(28)3/h4-10,12,14,17-18,21,26H,11,13,15-16,19-20H2,1-3H3,(H,38,39)/t26-,31-,32?/m1/s1. The molecule has 2 aliphatic carbocycles. The Bertz CT molecular complexity index is 1460. The second-order valence-electron chi connectivity index (χ2n) is 11.8. The SMILES string of the molecule is Cc1ncccc1NC(=O)c1ccc2c(c1)CC[C@@H]1C[C@@](OC(=O)OCC(C)C)(C(F)(F)F)CCC21c1ccccc1. The average molecular weight is 581 g/mol. The summed E-state index contributed by atoms with van der Waals surface area (Å²) in [6.45, 7) is 5.39. The molecule has 42 heavy (non-hydrogen) atoms. The molecule has 1 unspecified atom stereocenters. The summed E-state index contributed by atoms with van der Waals surface area (Å²) in [6.07, 6.45) is -4.12. The fourth-order valence-corrected chi connectivity index (χ4v) is 6.60. The van der Waals surface area contributed by atoms with E-state index < -0.39 is 35.7 Å². The second kappa shape index (κ2) is 11.4. The first-order chi connectivity index (χ1) is 19.9. The molecule has 1 amide bonds. The molecule has 222 valence electrons. The summed E-state index contributed by atoms with van der Waals surface area (Å²) in [4.78, 5) is 29.8. The van der Waals surface area contributed by atoms with Crippen LogP contribution in [-0.4, -0.2) is 35.4 Å². The van der Waals surface area contributed by atoms with Gasteiger partial charge in [0.05, 0.1) is 18.0 Å². The minimum absolute atomic E-state index is 0.0200. The zero-order valence-corrected chi connectivity index (χ0v) is 24.0. The number of alkyl halides is 3. The number of nitrogens with one attached hydrogen (secondary N) is 1. The Labute approximate surface area is 243 Å². The van der Waals surface area contributed by atoms with Crippen LogP contribution in [0.3, 0.4) is 0 Å². The van der Waals surface area contributed by atoms with Crippen LogP contribution in [0.5, 0.6) is 0 Å². The Morgan fingerprint density at radius 3 is 2.52 bits per heavy atom. The molecule has 1 heterocycles. The average Bonchev–Trinajstić information content (AvgIpc) is 2.96. The third-order valence-electron chi connectivity index (χ3n) is 8.68. The van der Waals surface area contributed by atoms with E-state index >= 15 is 0 Å². The van der Waals surface area contributed by atoms with Gasteiger partial charge in [-0.2, -0.15) is 13.2 Å². The van der Waals surface area contributed by atoms with Crippen LogP contribution in [0, 0.1) is 18.8 Å². The molecule has 3 aromatic rings. The highest BCUT2D eigenvalue weighted by Gasteiger charge is 2.65. The molecule has 0 aliphatic heterocycles. The summed E-state index contributed by atoms with van der Waals surface area (Å²) in [6, 6.07) is 18.6. The highest BCUT2D eigenvalue weighted by Crippen LogP contribution is 2.59. The number of ether oxygens (including phenoxy) is 2. The lowest BCUT2D eigenvalue weighted by atomic mass is 9.52. The summed E-state index contributed by atoms with van der Waals surface area (Å²) < 4.78 is 54.3. The molecule has 2 aliphatic rings. The van der Waals surface area contributed by atoms with Crippen LogP contribution in [0.2, 0.25) is 0 Å². The minimum atomic E-state index is -4.76. The normalized spacial score (nSPS) is 23.5. The maximum Gasteiger partial charge on any atom is 0.509 e. The number of halogens is 3. The Morgan fingerprint density at radius 1 is 1.07 bits per heavy atom. The van der Waals surface area contributed by atoms with E-state index in [0.29, 0.717) is 29.8 Å². The quantitative estimate of drug-likeness (QED) is 0.301. The van der Waals surface area contributed by atoms with E-state index in [1.165, 1.54) is 0 Å². The van der Waals surface area contributed by atoms with Gasteiger partial charge in [0.2, 0.25) is 5.60 Å². The lowest BCUT2D eigenvalue weighted by Crippen LogP contribution is -2.58. The lowest BCUT2D eigenvalue weighted by Gasteiger charge is -2.54. The highest BCUT2D eigenvalue weighted by atomic mass is 19.4. The van der Waals surface area contributed by atoms with Crippen LogP contribution in [-0.2, 0) is 21.3 Å². The summed E-state index contributed by atoms with van der Waals surface area (Å²) in [7, 11) is 0. The monoisotopic (exact) mass is 580 g/mol. The predicted molar refractivity (Wildman–Crippen MR) is 152 cm³/mol. The summed E-state index contributed by atoms with van der Waals surface area (Å²) in [5, 5.41) is 2.91. The summed E-state index contributed by atoms with van der Waals surface area (Å²) in [5.74, 6) is -0.775. The fourth-order valence-electron chi connectivity index (χ4n) is 6.60. The largest absolute Gasteiger partial charge is 0.509 e. The predicted octanol–water partition coefficient (Wildman–Crippen LogP) is 7.79. The van der Waals surface area contributed by atoms with Crippen LogP contribution < -0.4 is 5.32 Å². The van der Waals surface area contributed by atoms with Crippen LogP contribution >= 0.6 is 0 Å². The van der Waals surface area contributed by atoms with Crippen LogP contribution in [0.4, 0.5) is 23.7 Å². The fraction of sp³-hybridized carbons (Fsp3) is 0.424. The van der Waals surface area contributed by atoms with E-state index in [0.717, 1.165) is 16.7 Å². The molecule has 3 atom stereocenters. The van der Waals surface area contributed by atoms with E-state index in [1.807, 2.05) is 49.4 Å². The van der Waals surface area contributed by atoms with E-state index in [1.54, 1.807) is 38.2 Å². The van der Waals surface area contributed by atoms with Gasteiger partial charge in [0, 0.05) is 23.6 Å². The third-order valence-corrected chi connectivity index (χ3v) is 8.68. The lowest BCUT2D eigenvalue weighted by molar-refractivity contribution is -0.281. The van der Waals surface area contributed by atoms with Crippen molar-refractivity contribution in [2.45, 2.75) is 70.1 Å². The number of anilines is 1. The third kappa shape index (κ3) is 5.49. The number of nitrogens with zero attached hydrogens (tertiary/aromatic N) is 1. The van der Waals surface area contributed by atoms with Crippen molar-refractivity contribution in [3.8, 4) is 0 Å². The van der Waals surface area contributed by atoms with Crippen molar-refractivity contribution in [2.75, 3.05) is 11.9 Å². The van der Waals surface area contributed by atoms with Crippen molar-refractivity contribution in [3.05, 3.63) is 94.8 Å². The van der Waals surface area contributed by atoms with Gasteiger partial charge in [-0.15, -0.1) is 0 Å². The molecular formula is C33H35F3N2O4. The molecule has 5 rings (SSSR count). The van der Waals surface area contributed by atoms with Gasteiger partial charge < -0.3 is 14.8 Å². The van der Waals surface area contributed by atoms with Gasteiger partial charge in [-0.05, 0) is 85.4 Å². The molecule has 6 nitrogen and oxygen atoms in total. The molecule has 1 N–H and O–H groups in total. The van der Waals surface area contributed by atoms with Crippen molar-refractivity contribution < 1.29 is 32.2 Å². The molecule has 2 aromatic carbocycles. The zero-order valence-electron chi connectivity index (χ0n) is 24.0. The minimum Gasteiger partial charge on any atom is -0.434 e. The van der Waals surface area contributed by atoms with E-state index in [4.69, 9.17) is 9.47 Å². The highest BCUT2D eigenvalue weighted by molar-refractivity contribution is 6.04. The molecule has 0 spiro atoms. The van der Waals surface area contributed by atoms with Gasteiger partial charge in [0.25, 0.3) is 5.91 Å². The molecule has 1 aromatic heterocycles. The topological polar surface area (TPSA) is 77.5 Å². The molecule has 1 saturated carbocycles. The van der Waals surface area contributed by atoms with Gasteiger partial charge in [0.15, 0.2) is 0 Å². The smallest absolute Gasteiger partial charge is 0.434 e. The van der Waals surface area contributed by atoms with Crippen molar-refractivity contribution >= 4 is 17.7 Å². The maximum atomic E-state index is 14.7. The Hall–Kier alpha value is -3.88. The van der Waals surface area contributed by atoms with Gasteiger partial charge in [0.1, 0.15) is 0 Å². The van der Waals surface area contributed by atoms with E-state index in [-0.39, 0.29) is 31.3 Å². The Morgan fingerprint density at radius 2 is 1.83 bits per heavy atom. The van der Waals surface area contributed by atoms with Crippen LogP contribution in [0.15, 0.2) is 66.9 Å². The van der Waals surface area contributed by atoms with Crippen LogP contribution in [0.1, 0.15) is 72.3 Å². The van der Waals surface area contributed by atoms with Crippen molar-refractivity contribution in [1.82, 2.24) is 4.98 Å². The van der Waals surface area contributed by atoms with Crippen molar-refractivity contribution in [3.63, 3.8) is 0 Å². The summed E-state index contributed by atoms with van der Waals surface area (Å²) in [5.41, 5.74) is 1.17. The van der Waals surface area contributed by atoms with E-state index in [9.17, 15) is 22.8 Å². The van der Waals surface area contributed by atoms with Crippen molar-refractivity contribution in [1.29, 1.82) is 0 Å². The summed E-state index contributed by atoms with van der Waals surface area (Å²) >= 11 is 0. The van der Waals surface area contributed by atoms with Crippen LogP contribution in [0.25, 0.3) is 0 Å². The number of aryl methyl sites for hydroxylation is 2. The number of rotatable bonds is 6. The molecule has 0 saturated heterocycles. The number of carbonyl (C=O) groups excluding carboxylic acids is 2. The number of hydrogen-bond donors (Lipinski definition) is 1. The van der Waals surface area contributed by atoms with Gasteiger partial charge in [-0.25, -0.2) is 4.79 Å². The first-order valence-electron chi connectivity index (χ1n) is 14.3. The zero-order chi connectivity index (χ0) is 30.1. The number of carbonyl (C=O) groups is 2. The first-order valence-corrected chi connectivity index (χ1v) is 14.3. The molecule has 1 fully saturated rings. The number of hydrogen-bond acceptors (Lipinski definition) is 5. The van der Waals surface area contributed by atoms with Crippen molar-refractivity contribution in [2.24, 2.45) is 11.8 Å². The Kier molecular flexibility index (Phi) is 8.05. The van der Waals surface area contributed by atoms with Gasteiger partial charge >= 0.3 is 12.3 Å².